The van der Waals surface area contributed by atoms with Gasteiger partial charge < -0.3 is 10.1 Å². The van der Waals surface area contributed by atoms with Crippen LogP contribution in [0.4, 0.5) is 17.6 Å². The molecule has 0 atom stereocenters. The predicted molar refractivity (Wildman–Crippen MR) is 73.3 cm³/mol. The number of nitrogens with one attached hydrogen (secondary N) is 1. The van der Waals surface area contributed by atoms with Crippen LogP contribution in [0.5, 0.6) is 0 Å². The molecule has 1 rings (SSSR count). The summed E-state index contributed by atoms with van der Waals surface area (Å²) in [5, 5.41) is 3.26. The van der Waals surface area contributed by atoms with Crippen LogP contribution in [-0.2, 0) is 17.9 Å². The zero-order valence-corrected chi connectivity index (χ0v) is 12.5. The molecule has 0 bridgehead atoms. The molecule has 0 unspecified atom stereocenters. The average Bonchev–Trinajstić information content (AvgIpc) is 2.32. The monoisotopic (exact) mass is 307 g/mol. The van der Waals surface area contributed by atoms with Crippen LogP contribution in [-0.4, -0.2) is 18.3 Å². The van der Waals surface area contributed by atoms with Gasteiger partial charge in [-0.15, -0.1) is 0 Å². The fraction of sp³-hybridized carbons (Fsp3) is 0.600. The first-order valence-electron chi connectivity index (χ1n) is 6.74. The summed E-state index contributed by atoms with van der Waals surface area (Å²) in [4.78, 5) is 0. The number of benzene rings is 1. The van der Waals surface area contributed by atoms with Crippen LogP contribution in [0.2, 0.25) is 0 Å². The molecule has 6 heteroatoms. The second kappa shape index (κ2) is 7.22. The Kier molecular flexibility index (Phi) is 6.16. The largest absolute Gasteiger partial charge is 0.391 e. The van der Waals surface area contributed by atoms with Gasteiger partial charge in [0, 0.05) is 17.6 Å². The van der Waals surface area contributed by atoms with Crippen LogP contribution < -0.4 is 5.32 Å². The molecule has 21 heavy (non-hydrogen) atoms. The van der Waals surface area contributed by atoms with Gasteiger partial charge in [-0.3, -0.25) is 0 Å². The van der Waals surface area contributed by atoms with E-state index in [1.54, 1.807) is 12.1 Å². The summed E-state index contributed by atoms with van der Waals surface area (Å²) in [6.45, 7) is 5.96. The van der Waals surface area contributed by atoms with Crippen molar-refractivity contribution in [2.75, 3.05) is 6.61 Å². The van der Waals surface area contributed by atoms with Crippen molar-refractivity contribution in [2.45, 2.75) is 52.1 Å². The van der Waals surface area contributed by atoms with Crippen LogP contribution >= 0.6 is 0 Å². The lowest BCUT2D eigenvalue weighted by Gasteiger charge is -2.20. The van der Waals surface area contributed by atoms with E-state index in [-0.39, 0.29) is 17.7 Å². The maximum absolute atomic E-state index is 13.6. The standard InChI is InChI=1S/C15H21F4NO/c1-14(2,3)20-9-11-4-5-13(16)12(8-11)10-21-7-6-15(17,18)19/h4-5,8,20H,6-7,9-10H2,1-3H3. The Morgan fingerprint density at radius 1 is 1.14 bits per heavy atom. The van der Waals surface area contributed by atoms with E-state index in [0.717, 1.165) is 5.56 Å². The van der Waals surface area contributed by atoms with Crippen LogP contribution in [0.15, 0.2) is 18.2 Å². The SMILES string of the molecule is CC(C)(C)NCc1ccc(F)c(COCCC(F)(F)F)c1. The Hall–Kier alpha value is -1.14. The normalized spacial score (nSPS) is 12.7. The number of rotatable bonds is 6. The van der Waals surface area contributed by atoms with Crippen LogP contribution in [0.3, 0.4) is 0 Å². The highest BCUT2D eigenvalue weighted by Gasteiger charge is 2.26. The van der Waals surface area contributed by atoms with Gasteiger partial charge in [0.05, 0.1) is 19.6 Å². The van der Waals surface area contributed by atoms with Gasteiger partial charge in [-0.25, -0.2) is 4.39 Å². The molecule has 0 amide bonds. The molecule has 1 N–H and O–H groups in total. The number of alkyl halides is 3. The van der Waals surface area contributed by atoms with Crippen LogP contribution in [0, 0.1) is 5.82 Å². The van der Waals surface area contributed by atoms with Gasteiger partial charge in [0.2, 0.25) is 0 Å². The Labute approximate surface area is 122 Å². The van der Waals surface area contributed by atoms with Crippen LogP contribution in [0.25, 0.3) is 0 Å². The summed E-state index contributed by atoms with van der Waals surface area (Å²) in [5.41, 5.74) is 1.06. The fourth-order valence-electron chi connectivity index (χ4n) is 1.59. The molecule has 0 fully saturated rings. The van der Waals surface area contributed by atoms with Gasteiger partial charge in [0.15, 0.2) is 0 Å². The van der Waals surface area contributed by atoms with E-state index in [9.17, 15) is 17.6 Å². The summed E-state index contributed by atoms with van der Waals surface area (Å²) < 4.78 is 54.4. The third kappa shape index (κ3) is 8.02. The second-order valence-corrected chi connectivity index (χ2v) is 5.95. The molecule has 0 spiro atoms. The summed E-state index contributed by atoms with van der Waals surface area (Å²) in [6.07, 6.45) is -5.28. The highest BCUT2D eigenvalue weighted by atomic mass is 19.4. The molecule has 0 heterocycles. The molecule has 0 radical (unpaired) electrons. The molecule has 0 saturated carbocycles. The molecule has 2 nitrogen and oxygen atoms in total. The van der Waals surface area contributed by atoms with Crippen molar-refractivity contribution in [1.29, 1.82) is 0 Å². The van der Waals surface area contributed by atoms with E-state index in [1.165, 1.54) is 6.07 Å². The Morgan fingerprint density at radius 3 is 2.38 bits per heavy atom. The summed E-state index contributed by atoms with van der Waals surface area (Å²) >= 11 is 0. The molecule has 0 aromatic heterocycles. The predicted octanol–water partition coefficient (Wildman–Crippen LogP) is 4.18. The molecule has 1 aromatic carbocycles. The van der Waals surface area contributed by atoms with Gasteiger partial charge in [0.25, 0.3) is 0 Å². The van der Waals surface area contributed by atoms with Crippen molar-refractivity contribution in [1.82, 2.24) is 5.32 Å². The van der Waals surface area contributed by atoms with Gasteiger partial charge in [-0.2, -0.15) is 13.2 Å². The lowest BCUT2D eigenvalue weighted by atomic mass is 10.1. The van der Waals surface area contributed by atoms with Crippen molar-refractivity contribution in [2.24, 2.45) is 0 Å². The quantitative estimate of drug-likeness (QED) is 0.629. The average molecular weight is 307 g/mol. The fourth-order valence-corrected chi connectivity index (χ4v) is 1.59. The molecule has 0 aliphatic rings. The lowest BCUT2D eigenvalue weighted by Crippen LogP contribution is -2.35. The molecule has 0 aliphatic heterocycles. The van der Waals surface area contributed by atoms with Gasteiger partial charge in [-0.1, -0.05) is 6.07 Å². The Morgan fingerprint density at radius 2 is 1.81 bits per heavy atom. The maximum atomic E-state index is 13.6. The second-order valence-electron chi connectivity index (χ2n) is 5.95. The number of halogens is 4. The van der Waals surface area contributed by atoms with Crippen molar-refractivity contribution < 1.29 is 22.3 Å². The molecular formula is C15H21F4NO. The van der Waals surface area contributed by atoms with E-state index in [4.69, 9.17) is 4.74 Å². The third-order valence-electron chi connectivity index (χ3n) is 2.72. The molecule has 0 saturated heterocycles. The first kappa shape index (κ1) is 17.9. The maximum Gasteiger partial charge on any atom is 0.391 e. The van der Waals surface area contributed by atoms with Crippen LogP contribution in [0.1, 0.15) is 38.3 Å². The molecular weight excluding hydrogens is 286 g/mol. The number of hydrogen-bond donors (Lipinski definition) is 1. The van der Waals surface area contributed by atoms with Gasteiger partial charge >= 0.3 is 6.18 Å². The smallest absolute Gasteiger partial charge is 0.376 e. The molecule has 1 aromatic rings. The van der Waals surface area contributed by atoms with E-state index in [1.807, 2.05) is 20.8 Å². The highest BCUT2D eigenvalue weighted by molar-refractivity contribution is 5.24. The van der Waals surface area contributed by atoms with E-state index in [0.29, 0.717) is 6.54 Å². The van der Waals surface area contributed by atoms with E-state index < -0.39 is 25.0 Å². The minimum Gasteiger partial charge on any atom is -0.376 e. The Balaban J connectivity index is 2.53. The molecule has 120 valence electrons. The lowest BCUT2D eigenvalue weighted by molar-refractivity contribution is -0.146. The van der Waals surface area contributed by atoms with E-state index >= 15 is 0 Å². The van der Waals surface area contributed by atoms with Crippen molar-refractivity contribution >= 4 is 0 Å². The van der Waals surface area contributed by atoms with Crippen molar-refractivity contribution in [3.63, 3.8) is 0 Å². The van der Waals surface area contributed by atoms with Crippen molar-refractivity contribution in [3.8, 4) is 0 Å². The molecule has 0 aliphatic carbocycles. The van der Waals surface area contributed by atoms with Crippen molar-refractivity contribution in [3.05, 3.63) is 35.1 Å². The van der Waals surface area contributed by atoms with E-state index in [2.05, 4.69) is 5.32 Å². The zero-order valence-electron chi connectivity index (χ0n) is 12.5. The summed E-state index contributed by atoms with van der Waals surface area (Å²) in [5.74, 6) is -0.471. The first-order chi connectivity index (χ1) is 9.57. The number of ether oxygens (including phenoxy) is 1. The zero-order chi connectivity index (χ0) is 16.1. The third-order valence-corrected chi connectivity index (χ3v) is 2.72. The highest BCUT2D eigenvalue weighted by Crippen LogP contribution is 2.20. The summed E-state index contributed by atoms with van der Waals surface area (Å²) in [7, 11) is 0. The van der Waals surface area contributed by atoms with Gasteiger partial charge in [0.1, 0.15) is 5.82 Å². The summed E-state index contributed by atoms with van der Waals surface area (Å²) in [6, 6.07) is 4.57. The number of hydrogen-bond acceptors (Lipinski definition) is 2. The Bertz CT molecular complexity index is 452. The van der Waals surface area contributed by atoms with Gasteiger partial charge in [-0.05, 0) is 38.5 Å². The minimum atomic E-state index is -4.25. The minimum absolute atomic E-state index is 0.0717. The first-order valence-corrected chi connectivity index (χ1v) is 6.74. The topological polar surface area (TPSA) is 21.3 Å².